The third-order valence-corrected chi connectivity index (χ3v) is 6.43. The van der Waals surface area contributed by atoms with Crippen LogP contribution in [-0.4, -0.2) is 37.8 Å². The van der Waals surface area contributed by atoms with Crippen molar-refractivity contribution in [1.29, 1.82) is 0 Å². The van der Waals surface area contributed by atoms with E-state index in [1.807, 2.05) is 12.2 Å². The van der Waals surface area contributed by atoms with Crippen LogP contribution in [0.4, 0.5) is 13.2 Å². The number of alkyl halides is 3. The summed E-state index contributed by atoms with van der Waals surface area (Å²) in [5, 5.41) is 3.42. The summed E-state index contributed by atoms with van der Waals surface area (Å²) in [6, 6.07) is 6.09. The van der Waals surface area contributed by atoms with Gasteiger partial charge in [0.25, 0.3) is 0 Å². The zero-order valence-corrected chi connectivity index (χ0v) is 24.1. The van der Waals surface area contributed by atoms with Gasteiger partial charge in [0.2, 0.25) is 5.96 Å². The molecule has 4 rings (SSSR count). The van der Waals surface area contributed by atoms with Gasteiger partial charge in [-0.1, -0.05) is 82.5 Å². The molecule has 0 radical (unpaired) electrons. The number of nitrogens with two attached hydrogens (primary N) is 1. The van der Waals surface area contributed by atoms with E-state index in [1.54, 1.807) is 19.2 Å². The minimum atomic E-state index is -4.65. The number of rotatable bonds is 5. The van der Waals surface area contributed by atoms with Crippen molar-refractivity contribution in [3.8, 4) is 5.75 Å². The minimum Gasteiger partial charge on any atom is -0.405 e. The summed E-state index contributed by atoms with van der Waals surface area (Å²) in [5.41, 5.74) is 7.27. The van der Waals surface area contributed by atoms with Crippen molar-refractivity contribution >= 4 is 23.7 Å². The predicted octanol–water partition coefficient (Wildman–Crippen LogP) is 7.17. The van der Waals surface area contributed by atoms with Gasteiger partial charge in [0, 0.05) is 13.0 Å². The number of amidine groups is 1. The van der Waals surface area contributed by atoms with E-state index in [4.69, 9.17) is 10.7 Å². The van der Waals surface area contributed by atoms with Crippen LogP contribution < -0.4 is 20.5 Å². The predicted molar refractivity (Wildman–Crippen MR) is 157 cm³/mol. The van der Waals surface area contributed by atoms with E-state index in [0.29, 0.717) is 29.0 Å². The van der Waals surface area contributed by atoms with Crippen molar-refractivity contribution < 1.29 is 17.9 Å². The van der Waals surface area contributed by atoms with E-state index in [9.17, 15) is 13.2 Å². The average Bonchev–Trinajstić information content (AvgIpc) is 3.16. The lowest BCUT2D eigenvalue weighted by Crippen LogP contribution is -2.32. The molecule has 3 aliphatic rings. The molecule has 0 bridgehead atoms. The highest BCUT2D eigenvalue weighted by atomic mass is 32.2. The van der Waals surface area contributed by atoms with Crippen molar-refractivity contribution in [2.24, 2.45) is 27.6 Å². The quantitative estimate of drug-likeness (QED) is 0.330. The molecular weight excluding hydrogens is 523 g/mol. The van der Waals surface area contributed by atoms with Crippen LogP contribution in [0.25, 0.3) is 0 Å². The van der Waals surface area contributed by atoms with Crippen LogP contribution in [0.1, 0.15) is 59.3 Å². The zero-order valence-electron chi connectivity index (χ0n) is 23.3. The smallest absolute Gasteiger partial charge is 0.405 e. The summed E-state index contributed by atoms with van der Waals surface area (Å²) in [6.45, 7) is 7.37. The van der Waals surface area contributed by atoms with E-state index in [1.165, 1.54) is 49.8 Å². The lowest BCUT2D eigenvalue weighted by atomic mass is 9.89. The molecule has 216 valence electrons. The molecule has 0 aromatic heterocycles. The number of benzene rings is 1. The Hall–Kier alpha value is -2.72. The van der Waals surface area contributed by atoms with E-state index in [0.717, 1.165) is 24.4 Å². The highest BCUT2D eigenvalue weighted by molar-refractivity contribution is 7.97. The van der Waals surface area contributed by atoms with Gasteiger partial charge in [0.1, 0.15) is 11.6 Å². The molecule has 0 saturated heterocycles. The van der Waals surface area contributed by atoms with Crippen molar-refractivity contribution in [3.05, 3.63) is 60.2 Å². The van der Waals surface area contributed by atoms with Gasteiger partial charge in [-0.25, -0.2) is 4.99 Å². The number of ether oxygens (including phenoxy) is 1. The number of nitrogens with one attached hydrogen (secondary N) is 2. The molecule has 1 atom stereocenters. The second kappa shape index (κ2) is 17.1. The summed E-state index contributed by atoms with van der Waals surface area (Å²) >= 11 is 1.07. The van der Waals surface area contributed by atoms with Crippen LogP contribution in [0, 0.1) is 11.8 Å². The maximum Gasteiger partial charge on any atom is 0.573 e. The molecule has 1 aliphatic heterocycles. The van der Waals surface area contributed by atoms with Crippen LogP contribution in [0.15, 0.2) is 75.1 Å². The Kier molecular flexibility index (Phi) is 14.2. The number of fused-ring (bicyclic) bond motifs is 1. The van der Waals surface area contributed by atoms with E-state index >= 15 is 0 Å². The molecule has 1 heterocycles. The van der Waals surface area contributed by atoms with E-state index < -0.39 is 6.36 Å². The lowest BCUT2D eigenvalue weighted by molar-refractivity contribution is -0.275. The molecule has 6 nitrogen and oxygen atoms in total. The van der Waals surface area contributed by atoms with Crippen molar-refractivity contribution in [3.63, 3.8) is 0 Å². The molecule has 1 unspecified atom stereocenters. The van der Waals surface area contributed by atoms with Crippen molar-refractivity contribution in [1.82, 2.24) is 10.0 Å². The number of guanidine groups is 1. The number of hydrogen-bond donors (Lipinski definition) is 3. The van der Waals surface area contributed by atoms with Crippen LogP contribution in [-0.2, 0) is 0 Å². The maximum atomic E-state index is 11.9. The zero-order chi connectivity index (χ0) is 28.7. The molecule has 10 heteroatoms. The molecule has 1 aromatic carbocycles. The second-order valence-corrected chi connectivity index (χ2v) is 11.2. The number of para-hydroxylation sites is 1. The monoisotopic (exact) mass is 565 g/mol. The Morgan fingerprint density at radius 3 is 2.49 bits per heavy atom. The minimum absolute atomic E-state index is 0.148. The molecular formula is C29H42F3N5OS. The summed E-state index contributed by atoms with van der Waals surface area (Å²) in [5.74, 6) is 2.69. The van der Waals surface area contributed by atoms with Crippen LogP contribution in [0.5, 0.6) is 5.75 Å². The fourth-order valence-electron chi connectivity index (χ4n) is 4.03. The first-order valence-electron chi connectivity index (χ1n) is 13.4. The molecule has 2 aliphatic carbocycles. The van der Waals surface area contributed by atoms with Gasteiger partial charge in [-0.05, 0) is 61.4 Å². The van der Waals surface area contributed by atoms with Crippen LogP contribution in [0.2, 0.25) is 0 Å². The Morgan fingerprint density at radius 1 is 1.13 bits per heavy atom. The summed E-state index contributed by atoms with van der Waals surface area (Å²) in [4.78, 5) is 9.54. The standard InChI is InChI=1S/C17H24N4.C8H8F3NOS.C4H10/c18-16-11-14-9-5-2-6-10-15(14)20-17(21-16)19-12-13-7-3-1-4-8-13;1-12-14-7-5-3-2-4-6(7)13-8(9,10)11;1-4(2)3/h2,5-6,9-10,13,15H,1,3-4,7-8,11-12H2,(H3,18,19,20,21);2-5,12H,1H3;4H,1-3H3. The van der Waals surface area contributed by atoms with Crippen molar-refractivity contribution in [2.45, 2.75) is 76.6 Å². The molecule has 0 spiro atoms. The third-order valence-electron chi connectivity index (χ3n) is 5.67. The summed E-state index contributed by atoms with van der Waals surface area (Å²) in [7, 11) is 1.62. The second-order valence-electron chi connectivity index (χ2n) is 10.1. The van der Waals surface area contributed by atoms with Gasteiger partial charge in [-0.2, -0.15) is 0 Å². The topological polar surface area (TPSA) is 84.0 Å². The molecule has 1 fully saturated rings. The Bertz CT molecular complexity index is 1030. The number of nitrogens with zero attached hydrogens (tertiary/aromatic N) is 2. The van der Waals surface area contributed by atoms with Gasteiger partial charge in [-0.15, -0.1) is 13.2 Å². The van der Waals surface area contributed by atoms with Gasteiger partial charge < -0.3 is 15.8 Å². The molecule has 4 N–H and O–H groups in total. The lowest BCUT2D eigenvalue weighted by Gasteiger charge is -2.20. The first-order valence-corrected chi connectivity index (χ1v) is 14.2. The average molecular weight is 566 g/mol. The highest BCUT2D eigenvalue weighted by Crippen LogP contribution is 2.31. The van der Waals surface area contributed by atoms with E-state index in [2.05, 4.69) is 58.8 Å². The van der Waals surface area contributed by atoms with Gasteiger partial charge >= 0.3 is 6.36 Å². The van der Waals surface area contributed by atoms with Crippen molar-refractivity contribution in [2.75, 3.05) is 13.6 Å². The fraction of sp³-hybridized carbons (Fsp3) is 0.517. The normalized spacial score (nSPS) is 20.2. The molecule has 1 saturated carbocycles. The summed E-state index contributed by atoms with van der Waals surface area (Å²) < 4.78 is 42.2. The number of allylic oxidation sites excluding steroid dienone is 4. The molecule has 39 heavy (non-hydrogen) atoms. The SMILES string of the molecule is CC(C)C.CNSc1ccccc1OC(F)(F)F.NC1=NC(=NCC2CCCCC2)NC2C=CC=CC=C2C1. The largest absolute Gasteiger partial charge is 0.573 e. The Balaban J connectivity index is 0.000000256. The Morgan fingerprint density at radius 2 is 1.82 bits per heavy atom. The van der Waals surface area contributed by atoms with Crippen LogP contribution >= 0.6 is 11.9 Å². The third kappa shape index (κ3) is 13.8. The first kappa shape index (κ1) is 32.5. The van der Waals surface area contributed by atoms with Gasteiger partial charge in [0.05, 0.1) is 10.9 Å². The molecule has 1 aromatic rings. The van der Waals surface area contributed by atoms with Crippen LogP contribution in [0.3, 0.4) is 0 Å². The number of halogens is 3. The molecule has 0 amide bonds. The first-order chi connectivity index (χ1) is 18.6. The Labute approximate surface area is 235 Å². The van der Waals surface area contributed by atoms with Gasteiger partial charge in [0.15, 0.2) is 0 Å². The highest BCUT2D eigenvalue weighted by Gasteiger charge is 2.32. The number of hydrogen-bond acceptors (Lipinski definition) is 5. The van der Waals surface area contributed by atoms with E-state index in [-0.39, 0.29) is 11.8 Å². The summed E-state index contributed by atoms with van der Waals surface area (Å²) in [6.07, 6.45) is 13.1. The number of aliphatic imine (C=N–C) groups is 2. The fourth-order valence-corrected chi connectivity index (χ4v) is 4.61. The van der Waals surface area contributed by atoms with Gasteiger partial charge in [-0.3, -0.25) is 9.71 Å². The maximum absolute atomic E-state index is 11.9.